The molecular weight excluding hydrogens is 535 g/mol. The van der Waals surface area contributed by atoms with Crippen molar-refractivity contribution in [3.05, 3.63) is 69.7 Å². The Morgan fingerprint density at radius 3 is 2.24 bits per heavy atom. The summed E-state index contributed by atoms with van der Waals surface area (Å²) in [6.07, 6.45) is -2.99. The van der Waals surface area contributed by atoms with E-state index in [1.807, 2.05) is 24.3 Å². The normalized spacial score (nSPS) is 23.1. The lowest BCUT2D eigenvalue weighted by Gasteiger charge is -2.44. The summed E-state index contributed by atoms with van der Waals surface area (Å²) in [5.41, 5.74) is 12.4. The molecule has 0 spiro atoms. The molecule has 1 aliphatic heterocycles. The van der Waals surface area contributed by atoms with Crippen molar-refractivity contribution in [2.75, 3.05) is 20.3 Å². The molecule has 0 saturated carbocycles. The number of guanidine groups is 1. The van der Waals surface area contributed by atoms with Crippen LogP contribution in [0.3, 0.4) is 0 Å². The topological polar surface area (TPSA) is 151 Å². The predicted octanol–water partition coefficient (Wildman–Crippen LogP) is 2.37. The van der Waals surface area contributed by atoms with E-state index >= 15 is 0 Å². The Morgan fingerprint density at radius 2 is 1.66 bits per heavy atom. The number of benzene rings is 2. The maximum Gasteiger partial charge on any atom is 0.220 e. The van der Waals surface area contributed by atoms with Crippen molar-refractivity contribution in [3.8, 4) is 0 Å². The van der Waals surface area contributed by atoms with Gasteiger partial charge < -0.3 is 40.8 Å². The zero-order valence-electron chi connectivity index (χ0n) is 21.1. The van der Waals surface area contributed by atoms with E-state index in [0.717, 1.165) is 11.1 Å². The summed E-state index contributed by atoms with van der Waals surface area (Å²) in [4.78, 5) is 16.6. The molecule has 1 unspecified atom stereocenters. The monoisotopic (exact) mass is 568 g/mol. The number of nitrogens with two attached hydrogens (primary N) is 2. The Hall–Kier alpha value is -2.44. The number of rotatable bonds is 13. The fourth-order valence-electron chi connectivity index (χ4n) is 3.97. The summed E-state index contributed by atoms with van der Waals surface area (Å²) in [6.45, 7) is 0.873. The first kappa shape index (κ1) is 30.1. The van der Waals surface area contributed by atoms with Gasteiger partial charge in [-0.25, -0.2) is 0 Å². The van der Waals surface area contributed by atoms with Crippen LogP contribution >= 0.6 is 23.2 Å². The highest BCUT2D eigenvalue weighted by atomic mass is 35.5. The molecule has 0 aromatic heterocycles. The second kappa shape index (κ2) is 15.2. The highest BCUT2D eigenvalue weighted by Crippen LogP contribution is 2.26. The minimum atomic E-state index is -1.09. The third-order valence-electron chi connectivity index (χ3n) is 5.92. The summed E-state index contributed by atoms with van der Waals surface area (Å²) < 4.78 is 23.6. The number of carbonyl (C=O) groups excluding carboxylic acids is 1. The van der Waals surface area contributed by atoms with Crippen LogP contribution in [0.5, 0.6) is 0 Å². The maximum atomic E-state index is 12.7. The van der Waals surface area contributed by atoms with Crippen LogP contribution in [-0.4, -0.2) is 67.9 Å². The van der Waals surface area contributed by atoms with Gasteiger partial charge in [-0.3, -0.25) is 9.79 Å². The van der Waals surface area contributed by atoms with E-state index < -0.39 is 30.6 Å². The number of halogens is 2. The number of nitrogens with zero attached hydrogens (tertiary/aromatic N) is 1. The SMILES string of the molecule is CO[C@H]1[C@H](O)[C@@H](COCc2ccc(Cl)cc2)OC(OCc2ccc(Cl)cc2)[C@@H]1NC(=O)CCCN=C(N)N. The van der Waals surface area contributed by atoms with Crippen LogP contribution < -0.4 is 16.8 Å². The summed E-state index contributed by atoms with van der Waals surface area (Å²) in [5.74, 6) is -0.315. The van der Waals surface area contributed by atoms with Crippen molar-refractivity contribution in [2.24, 2.45) is 16.5 Å². The van der Waals surface area contributed by atoms with E-state index in [1.54, 1.807) is 24.3 Å². The zero-order valence-corrected chi connectivity index (χ0v) is 22.6. The van der Waals surface area contributed by atoms with Gasteiger partial charge in [0.25, 0.3) is 0 Å². The molecule has 0 bridgehead atoms. The standard InChI is InChI=1S/C26H34Cl2N4O6/c1-35-24-22(32-21(33)3-2-12-31-26(29)30)25(37-14-17-6-10-19(28)11-7-17)38-20(23(24)34)15-36-13-16-4-8-18(27)9-5-16/h4-11,20,22-25,34H,2-3,12-15H2,1H3,(H,32,33)(H4,29,30,31)/t20-,22-,23-,24-,25?/m1/s1. The number of methoxy groups -OCH3 is 1. The fourth-order valence-corrected chi connectivity index (χ4v) is 4.22. The fraction of sp³-hybridized carbons (Fsp3) is 0.462. The number of carbonyl (C=O) groups is 1. The second-order valence-electron chi connectivity index (χ2n) is 8.82. The van der Waals surface area contributed by atoms with Crippen LogP contribution in [0.15, 0.2) is 53.5 Å². The average molecular weight is 569 g/mol. The van der Waals surface area contributed by atoms with Gasteiger partial charge in [0.1, 0.15) is 24.4 Å². The van der Waals surface area contributed by atoms with Crippen LogP contribution in [0.1, 0.15) is 24.0 Å². The molecule has 1 heterocycles. The molecule has 6 N–H and O–H groups in total. The molecule has 3 rings (SSSR count). The summed E-state index contributed by atoms with van der Waals surface area (Å²) >= 11 is 11.9. The van der Waals surface area contributed by atoms with Crippen molar-refractivity contribution in [3.63, 3.8) is 0 Å². The van der Waals surface area contributed by atoms with E-state index in [0.29, 0.717) is 29.6 Å². The molecule has 10 nitrogen and oxygen atoms in total. The van der Waals surface area contributed by atoms with Crippen molar-refractivity contribution < 1.29 is 28.8 Å². The zero-order chi connectivity index (χ0) is 27.5. The predicted molar refractivity (Wildman–Crippen MR) is 145 cm³/mol. The molecule has 38 heavy (non-hydrogen) atoms. The number of ether oxygens (including phenoxy) is 4. The third kappa shape index (κ3) is 9.39. The van der Waals surface area contributed by atoms with Crippen LogP contribution in [0.2, 0.25) is 10.0 Å². The van der Waals surface area contributed by atoms with Gasteiger partial charge in [0, 0.05) is 30.1 Å². The molecule has 1 amide bonds. The Kier molecular flexibility index (Phi) is 12.1. The number of hydrogen-bond donors (Lipinski definition) is 4. The quantitative estimate of drug-likeness (QED) is 0.163. The lowest BCUT2D eigenvalue weighted by Crippen LogP contribution is -2.65. The number of nitrogens with one attached hydrogen (secondary N) is 1. The number of amides is 1. The van der Waals surface area contributed by atoms with Crippen LogP contribution in [0.25, 0.3) is 0 Å². The molecule has 208 valence electrons. The molecule has 0 radical (unpaired) electrons. The van der Waals surface area contributed by atoms with E-state index in [-0.39, 0.29) is 31.5 Å². The van der Waals surface area contributed by atoms with Gasteiger partial charge >= 0.3 is 0 Å². The minimum Gasteiger partial charge on any atom is -0.388 e. The van der Waals surface area contributed by atoms with Crippen LogP contribution in [-0.2, 0) is 37.0 Å². The molecule has 2 aromatic carbocycles. The summed E-state index contributed by atoms with van der Waals surface area (Å²) in [5, 5.41) is 15.2. The Bertz CT molecular complexity index is 1040. The smallest absolute Gasteiger partial charge is 0.220 e. The molecule has 1 aliphatic rings. The molecule has 2 aromatic rings. The van der Waals surface area contributed by atoms with Crippen molar-refractivity contribution in [1.82, 2.24) is 5.32 Å². The van der Waals surface area contributed by atoms with Crippen LogP contribution in [0, 0.1) is 0 Å². The molecule has 5 atom stereocenters. The second-order valence-corrected chi connectivity index (χ2v) is 9.69. The molecule has 1 fully saturated rings. The number of aliphatic hydroxyl groups is 1. The van der Waals surface area contributed by atoms with Gasteiger partial charge in [0.15, 0.2) is 12.2 Å². The maximum absolute atomic E-state index is 12.7. The lowest BCUT2D eigenvalue weighted by molar-refractivity contribution is -0.279. The average Bonchev–Trinajstić information content (AvgIpc) is 2.89. The van der Waals surface area contributed by atoms with E-state index in [4.69, 9.17) is 53.6 Å². The van der Waals surface area contributed by atoms with Gasteiger partial charge in [-0.05, 0) is 41.8 Å². The number of hydrogen-bond acceptors (Lipinski definition) is 7. The van der Waals surface area contributed by atoms with Gasteiger partial charge in [0.2, 0.25) is 5.91 Å². The Labute approximate surface area is 232 Å². The van der Waals surface area contributed by atoms with E-state index in [9.17, 15) is 9.90 Å². The first-order valence-corrected chi connectivity index (χ1v) is 12.9. The number of aliphatic hydroxyl groups excluding tert-OH is 1. The van der Waals surface area contributed by atoms with Crippen LogP contribution in [0.4, 0.5) is 0 Å². The first-order chi connectivity index (χ1) is 18.3. The molecule has 1 saturated heterocycles. The summed E-state index contributed by atoms with van der Waals surface area (Å²) in [7, 11) is 1.46. The largest absolute Gasteiger partial charge is 0.388 e. The Morgan fingerprint density at radius 1 is 1.05 bits per heavy atom. The molecular formula is C26H34Cl2N4O6. The highest BCUT2D eigenvalue weighted by Gasteiger charge is 2.47. The minimum absolute atomic E-state index is 0.0337. The molecule has 0 aliphatic carbocycles. The van der Waals surface area contributed by atoms with E-state index in [1.165, 1.54) is 7.11 Å². The first-order valence-electron chi connectivity index (χ1n) is 12.2. The van der Waals surface area contributed by atoms with Crippen molar-refractivity contribution in [1.29, 1.82) is 0 Å². The van der Waals surface area contributed by atoms with Gasteiger partial charge in [-0.15, -0.1) is 0 Å². The third-order valence-corrected chi connectivity index (χ3v) is 6.43. The highest BCUT2D eigenvalue weighted by molar-refractivity contribution is 6.30. The van der Waals surface area contributed by atoms with Gasteiger partial charge in [-0.2, -0.15) is 0 Å². The van der Waals surface area contributed by atoms with Gasteiger partial charge in [0.05, 0.1) is 19.8 Å². The summed E-state index contributed by atoms with van der Waals surface area (Å²) in [6, 6.07) is 13.7. The van der Waals surface area contributed by atoms with E-state index in [2.05, 4.69) is 10.3 Å². The number of aliphatic imine (C=N–C) groups is 1. The molecule has 12 heteroatoms. The van der Waals surface area contributed by atoms with Crippen molar-refractivity contribution in [2.45, 2.75) is 56.7 Å². The van der Waals surface area contributed by atoms with Crippen molar-refractivity contribution >= 4 is 35.1 Å². The lowest BCUT2D eigenvalue weighted by atomic mass is 9.96. The Balaban J connectivity index is 1.67. The van der Waals surface area contributed by atoms with Gasteiger partial charge in [-0.1, -0.05) is 47.5 Å².